The maximum Gasteiger partial charge on any atom is 0.274 e. The minimum atomic E-state index is -0.0516. The lowest BCUT2D eigenvalue weighted by Gasteiger charge is -2.17. The predicted octanol–water partition coefficient (Wildman–Crippen LogP) is 2.36. The van der Waals surface area contributed by atoms with Gasteiger partial charge in [-0.1, -0.05) is 48.5 Å². The summed E-state index contributed by atoms with van der Waals surface area (Å²) in [5, 5.41) is 9.10. The zero-order chi connectivity index (χ0) is 14.7. The highest BCUT2D eigenvalue weighted by molar-refractivity contribution is 5.80. The van der Waals surface area contributed by atoms with E-state index < -0.39 is 0 Å². The van der Waals surface area contributed by atoms with Crippen molar-refractivity contribution in [2.24, 2.45) is 0 Å². The third kappa shape index (κ3) is 2.71. The number of fused-ring (bicyclic) bond motifs is 1. The van der Waals surface area contributed by atoms with Crippen LogP contribution >= 0.6 is 0 Å². The lowest BCUT2D eigenvalue weighted by atomic mass is 10.1. The molecule has 0 saturated heterocycles. The van der Waals surface area contributed by atoms with Crippen LogP contribution in [-0.4, -0.2) is 16.8 Å². The summed E-state index contributed by atoms with van der Waals surface area (Å²) in [4.78, 5) is 12.5. The van der Waals surface area contributed by atoms with Gasteiger partial charge in [-0.3, -0.25) is 4.79 Å². The van der Waals surface area contributed by atoms with Crippen molar-refractivity contribution in [1.82, 2.24) is 15.1 Å². The first-order chi connectivity index (χ1) is 10.3. The molecule has 3 aromatic rings. The monoisotopic (exact) mass is 279 g/mol. The van der Waals surface area contributed by atoms with Crippen LogP contribution < -0.4 is 10.9 Å². The highest BCUT2D eigenvalue weighted by Gasteiger charge is 2.12. The van der Waals surface area contributed by atoms with E-state index in [1.165, 1.54) is 4.68 Å². The highest BCUT2D eigenvalue weighted by atomic mass is 16.1. The van der Waals surface area contributed by atoms with E-state index in [0.717, 1.165) is 10.9 Å². The quantitative estimate of drug-likeness (QED) is 0.797. The smallest absolute Gasteiger partial charge is 0.274 e. The maximum atomic E-state index is 12.5. The molecule has 106 valence electrons. The van der Waals surface area contributed by atoms with Crippen molar-refractivity contribution >= 4 is 10.8 Å². The molecule has 0 fully saturated rings. The second-order valence-corrected chi connectivity index (χ2v) is 4.97. The van der Waals surface area contributed by atoms with Crippen molar-refractivity contribution in [3.05, 3.63) is 76.7 Å². The summed E-state index contributed by atoms with van der Waals surface area (Å²) in [6, 6.07) is 17.7. The number of nitrogens with zero attached hydrogens (tertiary/aromatic N) is 2. The first-order valence-electron chi connectivity index (χ1n) is 6.96. The summed E-state index contributed by atoms with van der Waals surface area (Å²) in [7, 11) is 1.89. The van der Waals surface area contributed by atoms with E-state index in [9.17, 15) is 4.79 Å². The van der Waals surface area contributed by atoms with Gasteiger partial charge in [0.1, 0.15) is 0 Å². The Morgan fingerprint density at radius 2 is 1.81 bits per heavy atom. The van der Waals surface area contributed by atoms with Gasteiger partial charge in [-0.15, -0.1) is 0 Å². The van der Waals surface area contributed by atoms with Gasteiger partial charge in [-0.25, -0.2) is 4.68 Å². The molecule has 0 radical (unpaired) electrons. The topological polar surface area (TPSA) is 46.9 Å². The van der Waals surface area contributed by atoms with Crippen molar-refractivity contribution in [2.45, 2.75) is 12.6 Å². The van der Waals surface area contributed by atoms with Crippen LogP contribution in [0.1, 0.15) is 11.6 Å². The number of rotatable bonds is 4. The summed E-state index contributed by atoms with van der Waals surface area (Å²) in [5.41, 5.74) is 1.09. The third-order valence-corrected chi connectivity index (χ3v) is 3.67. The molecule has 1 N–H and O–H groups in total. The molecule has 1 unspecified atom stereocenters. The van der Waals surface area contributed by atoms with E-state index in [4.69, 9.17) is 0 Å². The molecular weight excluding hydrogens is 262 g/mol. The van der Waals surface area contributed by atoms with Crippen LogP contribution in [0.15, 0.2) is 65.6 Å². The molecule has 4 heteroatoms. The third-order valence-electron chi connectivity index (χ3n) is 3.67. The predicted molar refractivity (Wildman–Crippen MR) is 84.2 cm³/mol. The van der Waals surface area contributed by atoms with Crippen LogP contribution in [0.4, 0.5) is 0 Å². The minimum Gasteiger partial charge on any atom is -0.311 e. The van der Waals surface area contributed by atoms with Crippen LogP contribution in [0.3, 0.4) is 0 Å². The summed E-state index contributed by atoms with van der Waals surface area (Å²) in [5.74, 6) is 0. The van der Waals surface area contributed by atoms with Gasteiger partial charge in [-0.2, -0.15) is 5.10 Å². The average molecular weight is 279 g/mol. The Balaban J connectivity index is 1.97. The molecule has 0 bridgehead atoms. The Bertz CT molecular complexity index is 796. The summed E-state index contributed by atoms with van der Waals surface area (Å²) in [6.07, 6.45) is 1.74. The van der Waals surface area contributed by atoms with E-state index in [1.54, 1.807) is 6.20 Å². The van der Waals surface area contributed by atoms with Crippen LogP contribution in [0, 0.1) is 0 Å². The molecule has 1 heterocycles. The number of aromatic nitrogens is 2. The van der Waals surface area contributed by atoms with E-state index >= 15 is 0 Å². The summed E-state index contributed by atoms with van der Waals surface area (Å²) in [6.45, 7) is 0.504. The van der Waals surface area contributed by atoms with Crippen molar-refractivity contribution < 1.29 is 0 Å². The molecule has 21 heavy (non-hydrogen) atoms. The van der Waals surface area contributed by atoms with E-state index in [0.29, 0.717) is 11.9 Å². The van der Waals surface area contributed by atoms with Crippen molar-refractivity contribution in [1.29, 1.82) is 0 Å². The Morgan fingerprint density at radius 1 is 1.10 bits per heavy atom. The van der Waals surface area contributed by atoms with E-state index in [1.807, 2.05) is 61.6 Å². The van der Waals surface area contributed by atoms with Crippen LogP contribution in [0.2, 0.25) is 0 Å². The molecule has 4 nitrogen and oxygen atoms in total. The van der Waals surface area contributed by atoms with Crippen molar-refractivity contribution in [3.63, 3.8) is 0 Å². The van der Waals surface area contributed by atoms with Gasteiger partial charge in [0, 0.05) is 5.39 Å². The molecular formula is C17H17N3O. The molecule has 3 rings (SSSR count). The van der Waals surface area contributed by atoms with Gasteiger partial charge >= 0.3 is 0 Å². The number of likely N-dealkylation sites (N-methyl/N-ethyl adjacent to an activating group) is 1. The minimum absolute atomic E-state index is 0.0516. The Hall–Kier alpha value is -2.46. The standard InChI is InChI=1S/C17H17N3O/c1-18-16(13-7-3-2-4-8-13)12-20-17(21)15-10-6-5-9-14(15)11-19-20/h2-11,16,18H,12H2,1H3. The summed E-state index contributed by atoms with van der Waals surface area (Å²) < 4.78 is 1.52. The Morgan fingerprint density at radius 3 is 2.57 bits per heavy atom. The zero-order valence-corrected chi connectivity index (χ0v) is 11.9. The molecule has 0 spiro atoms. The van der Waals surface area contributed by atoms with Crippen LogP contribution in [0.25, 0.3) is 10.8 Å². The average Bonchev–Trinajstić information content (AvgIpc) is 2.55. The number of hydrogen-bond donors (Lipinski definition) is 1. The van der Waals surface area contributed by atoms with Crippen LogP contribution in [0.5, 0.6) is 0 Å². The highest BCUT2D eigenvalue weighted by Crippen LogP contribution is 2.14. The first-order valence-corrected chi connectivity index (χ1v) is 6.96. The second-order valence-electron chi connectivity index (χ2n) is 4.97. The fourth-order valence-electron chi connectivity index (χ4n) is 2.48. The first kappa shape index (κ1) is 13.5. The number of benzene rings is 2. The fraction of sp³-hybridized carbons (Fsp3) is 0.176. The lowest BCUT2D eigenvalue weighted by Crippen LogP contribution is -2.30. The maximum absolute atomic E-state index is 12.5. The molecule has 0 aliphatic carbocycles. The van der Waals surface area contributed by atoms with Gasteiger partial charge in [0.05, 0.1) is 24.2 Å². The summed E-state index contributed by atoms with van der Waals surface area (Å²) >= 11 is 0. The van der Waals surface area contributed by atoms with Crippen LogP contribution in [-0.2, 0) is 6.54 Å². The Kier molecular flexibility index (Phi) is 3.79. The van der Waals surface area contributed by atoms with E-state index in [2.05, 4.69) is 10.4 Å². The number of nitrogens with one attached hydrogen (secondary N) is 1. The normalized spacial score (nSPS) is 12.4. The molecule has 0 aliphatic heterocycles. The van der Waals surface area contributed by atoms with Crippen molar-refractivity contribution in [2.75, 3.05) is 7.05 Å². The van der Waals surface area contributed by atoms with Crippen molar-refractivity contribution in [3.8, 4) is 0 Å². The van der Waals surface area contributed by atoms with Gasteiger partial charge in [0.25, 0.3) is 5.56 Å². The fourth-order valence-corrected chi connectivity index (χ4v) is 2.48. The SMILES string of the molecule is CNC(Cn1ncc2ccccc2c1=O)c1ccccc1. The molecule has 1 aromatic heterocycles. The lowest BCUT2D eigenvalue weighted by molar-refractivity contribution is 0.455. The molecule has 1 atom stereocenters. The molecule has 0 aliphatic rings. The van der Waals surface area contributed by atoms with Gasteiger partial charge in [0.2, 0.25) is 0 Å². The van der Waals surface area contributed by atoms with Gasteiger partial charge in [-0.05, 0) is 18.7 Å². The molecule has 0 amide bonds. The zero-order valence-electron chi connectivity index (χ0n) is 11.9. The largest absolute Gasteiger partial charge is 0.311 e. The second kappa shape index (κ2) is 5.89. The Labute approximate surface area is 123 Å². The van der Waals surface area contributed by atoms with Gasteiger partial charge < -0.3 is 5.32 Å². The van der Waals surface area contributed by atoms with Gasteiger partial charge in [0.15, 0.2) is 0 Å². The molecule has 2 aromatic carbocycles. The number of hydrogen-bond acceptors (Lipinski definition) is 3. The van der Waals surface area contributed by atoms with E-state index in [-0.39, 0.29) is 11.6 Å². The molecule has 0 saturated carbocycles.